The van der Waals surface area contributed by atoms with Gasteiger partial charge in [0.1, 0.15) is 6.10 Å². The van der Waals surface area contributed by atoms with Gasteiger partial charge in [-0.3, -0.25) is 13.9 Å². The standard InChI is InChI=1S/C12H13O4P/c1-4-10(3)16-17(14,15)12(13)11-8-6-5-7-9(11)2/h1,5-8,10H,2-3H3,(H,14,15). The summed E-state index contributed by atoms with van der Waals surface area (Å²) in [5.74, 6) is 2.14. The number of terminal acetylenes is 1. The van der Waals surface area contributed by atoms with E-state index in [2.05, 4.69) is 10.4 Å². The summed E-state index contributed by atoms with van der Waals surface area (Å²) in [6.07, 6.45) is 4.14. The first-order chi connectivity index (χ1) is 7.88. The van der Waals surface area contributed by atoms with Crippen LogP contribution in [-0.4, -0.2) is 16.5 Å². The van der Waals surface area contributed by atoms with E-state index in [4.69, 9.17) is 6.42 Å². The number of carbonyl (C=O) groups is 1. The van der Waals surface area contributed by atoms with Gasteiger partial charge in [0.2, 0.25) is 0 Å². The van der Waals surface area contributed by atoms with Crippen LogP contribution in [0.3, 0.4) is 0 Å². The Kier molecular flexibility index (Phi) is 4.25. The van der Waals surface area contributed by atoms with Gasteiger partial charge in [-0.15, -0.1) is 6.42 Å². The molecule has 90 valence electrons. The van der Waals surface area contributed by atoms with E-state index in [1.54, 1.807) is 25.1 Å². The summed E-state index contributed by atoms with van der Waals surface area (Å²) < 4.78 is 16.4. The molecule has 2 unspecified atom stereocenters. The molecular formula is C12H13O4P. The SMILES string of the molecule is C#CC(C)OP(=O)(O)C(=O)c1ccccc1C. The fourth-order valence-corrected chi connectivity index (χ4v) is 2.40. The molecule has 0 radical (unpaired) electrons. The highest BCUT2D eigenvalue weighted by atomic mass is 31.2. The average molecular weight is 252 g/mol. The van der Waals surface area contributed by atoms with Gasteiger partial charge < -0.3 is 4.89 Å². The summed E-state index contributed by atoms with van der Waals surface area (Å²) in [4.78, 5) is 21.4. The van der Waals surface area contributed by atoms with Crippen LogP contribution >= 0.6 is 7.60 Å². The molecule has 2 atom stereocenters. The molecule has 0 aliphatic carbocycles. The maximum Gasteiger partial charge on any atom is 0.400 e. The van der Waals surface area contributed by atoms with Gasteiger partial charge in [-0.1, -0.05) is 30.2 Å². The summed E-state index contributed by atoms with van der Waals surface area (Å²) in [7, 11) is -4.39. The lowest BCUT2D eigenvalue weighted by Crippen LogP contribution is -2.10. The van der Waals surface area contributed by atoms with Gasteiger partial charge >= 0.3 is 7.60 Å². The molecule has 5 heteroatoms. The van der Waals surface area contributed by atoms with E-state index < -0.39 is 19.2 Å². The molecule has 17 heavy (non-hydrogen) atoms. The lowest BCUT2D eigenvalue weighted by molar-refractivity contribution is 0.101. The van der Waals surface area contributed by atoms with Crippen LogP contribution < -0.4 is 0 Å². The minimum absolute atomic E-state index is 0.169. The minimum Gasteiger partial charge on any atom is -0.319 e. The zero-order valence-electron chi connectivity index (χ0n) is 9.58. The molecule has 4 nitrogen and oxygen atoms in total. The van der Waals surface area contributed by atoms with Crippen LogP contribution in [0.4, 0.5) is 0 Å². The van der Waals surface area contributed by atoms with Gasteiger partial charge in [0, 0.05) is 5.56 Å². The highest BCUT2D eigenvalue weighted by Crippen LogP contribution is 2.47. The van der Waals surface area contributed by atoms with E-state index in [0.717, 1.165) is 0 Å². The molecule has 1 N–H and O–H groups in total. The topological polar surface area (TPSA) is 63.6 Å². The van der Waals surface area contributed by atoms with E-state index in [1.807, 2.05) is 0 Å². The molecule has 1 aromatic rings. The average Bonchev–Trinajstić information content (AvgIpc) is 2.28. The van der Waals surface area contributed by atoms with E-state index in [0.29, 0.717) is 5.56 Å². The van der Waals surface area contributed by atoms with Crippen molar-refractivity contribution >= 4 is 13.1 Å². The minimum atomic E-state index is -4.39. The van der Waals surface area contributed by atoms with Crippen molar-refractivity contribution < 1.29 is 18.8 Å². The van der Waals surface area contributed by atoms with E-state index in [-0.39, 0.29) is 5.56 Å². The molecule has 0 amide bonds. The first-order valence-corrected chi connectivity index (χ1v) is 6.54. The van der Waals surface area contributed by atoms with Gasteiger partial charge in [0.05, 0.1) is 0 Å². The number of hydrogen-bond donors (Lipinski definition) is 1. The second kappa shape index (κ2) is 5.29. The molecule has 1 aromatic carbocycles. The number of rotatable bonds is 4. The van der Waals surface area contributed by atoms with Gasteiger partial charge in [0.15, 0.2) is 0 Å². The summed E-state index contributed by atoms with van der Waals surface area (Å²) >= 11 is 0. The lowest BCUT2D eigenvalue weighted by atomic mass is 10.1. The third kappa shape index (κ3) is 3.28. The molecule has 0 fully saturated rings. The normalized spacial score (nSPS) is 15.6. The fourth-order valence-electron chi connectivity index (χ4n) is 1.26. The second-order valence-corrected chi connectivity index (χ2v) is 5.21. The highest BCUT2D eigenvalue weighted by molar-refractivity contribution is 7.71. The molecule has 1 rings (SSSR count). The molecular weight excluding hydrogens is 239 g/mol. The summed E-state index contributed by atoms with van der Waals surface area (Å²) in [6.45, 7) is 3.10. The summed E-state index contributed by atoms with van der Waals surface area (Å²) in [5.41, 5.74) is -0.149. The molecule has 0 saturated carbocycles. The monoisotopic (exact) mass is 252 g/mol. The second-order valence-electron chi connectivity index (χ2n) is 3.55. The molecule has 0 aromatic heterocycles. The Hall–Kier alpha value is -1.40. The number of benzene rings is 1. The van der Waals surface area contributed by atoms with Gasteiger partial charge in [0.25, 0.3) is 5.52 Å². The van der Waals surface area contributed by atoms with Gasteiger partial charge in [-0.25, -0.2) is 0 Å². The molecule has 0 spiro atoms. The number of hydrogen-bond acceptors (Lipinski definition) is 3. The fraction of sp³-hybridized carbons (Fsp3) is 0.250. The van der Waals surface area contributed by atoms with Crippen LogP contribution in [-0.2, 0) is 9.09 Å². The Balaban J connectivity index is 3.02. The Morgan fingerprint density at radius 1 is 1.53 bits per heavy atom. The van der Waals surface area contributed by atoms with E-state index >= 15 is 0 Å². The Morgan fingerprint density at radius 3 is 2.65 bits per heavy atom. The van der Waals surface area contributed by atoms with Crippen molar-refractivity contribution in [1.29, 1.82) is 0 Å². The van der Waals surface area contributed by atoms with Crippen LogP contribution in [0.1, 0.15) is 22.8 Å². The first kappa shape index (κ1) is 13.7. The third-order valence-corrected chi connectivity index (χ3v) is 3.52. The quantitative estimate of drug-likeness (QED) is 0.660. The third-order valence-electron chi connectivity index (χ3n) is 2.17. The van der Waals surface area contributed by atoms with Crippen LogP contribution in [0.2, 0.25) is 0 Å². The molecule has 0 heterocycles. The van der Waals surface area contributed by atoms with Crippen molar-refractivity contribution in [2.75, 3.05) is 0 Å². The molecule has 0 bridgehead atoms. The van der Waals surface area contributed by atoms with Crippen molar-refractivity contribution in [1.82, 2.24) is 0 Å². The zero-order chi connectivity index (χ0) is 13.1. The number of aryl methyl sites for hydroxylation is 1. The van der Waals surface area contributed by atoms with Crippen LogP contribution in [0, 0.1) is 19.3 Å². The first-order valence-electron chi connectivity index (χ1n) is 4.96. The summed E-state index contributed by atoms with van der Waals surface area (Å²) in [6, 6.07) is 6.51. The van der Waals surface area contributed by atoms with Crippen molar-refractivity contribution in [3.05, 3.63) is 35.4 Å². The van der Waals surface area contributed by atoms with Gasteiger partial charge in [-0.2, -0.15) is 0 Å². The Bertz CT molecular complexity index is 515. The van der Waals surface area contributed by atoms with Crippen LogP contribution in [0.5, 0.6) is 0 Å². The predicted molar refractivity (Wildman–Crippen MR) is 64.7 cm³/mol. The van der Waals surface area contributed by atoms with Crippen LogP contribution in [0.25, 0.3) is 0 Å². The Labute approximate surface area is 100 Å². The van der Waals surface area contributed by atoms with E-state index in [9.17, 15) is 14.3 Å². The highest BCUT2D eigenvalue weighted by Gasteiger charge is 2.34. The van der Waals surface area contributed by atoms with E-state index in [1.165, 1.54) is 13.0 Å². The maximum absolute atomic E-state index is 11.8. The van der Waals surface area contributed by atoms with Crippen molar-refractivity contribution in [2.24, 2.45) is 0 Å². The maximum atomic E-state index is 11.8. The van der Waals surface area contributed by atoms with Crippen LogP contribution in [0.15, 0.2) is 24.3 Å². The predicted octanol–water partition coefficient (Wildman–Crippen LogP) is 2.36. The zero-order valence-corrected chi connectivity index (χ0v) is 10.5. The van der Waals surface area contributed by atoms with Crippen molar-refractivity contribution in [3.63, 3.8) is 0 Å². The Morgan fingerprint density at radius 2 is 2.12 bits per heavy atom. The lowest BCUT2D eigenvalue weighted by Gasteiger charge is -2.13. The van der Waals surface area contributed by atoms with Crippen molar-refractivity contribution in [3.8, 4) is 12.3 Å². The van der Waals surface area contributed by atoms with Gasteiger partial charge in [-0.05, 0) is 19.4 Å². The summed E-state index contributed by atoms with van der Waals surface area (Å²) in [5, 5.41) is 0. The number of carbonyl (C=O) groups excluding carboxylic acids is 1. The molecule has 0 aliphatic rings. The smallest absolute Gasteiger partial charge is 0.319 e. The molecule has 0 aliphatic heterocycles. The largest absolute Gasteiger partial charge is 0.400 e. The van der Waals surface area contributed by atoms with Crippen molar-refractivity contribution in [2.45, 2.75) is 20.0 Å². The molecule has 0 saturated heterocycles.